The second-order valence-corrected chi connectivity index (χ2v) is 8.95. The lowest BCUT2D eigenvalue weighted by molar-refractivity contribution is 0.0474. The Hall–Kier alpha value is -4.04. The Balaban J connectivity index is 1.49. The fourth-order valence-corrected chi connectivity index (χ4v) is 4.75. The number of para-hydroxylation sites is 1. The summed E-state index contributed by atoms with van der Waals surface area (Å²) in [6, 6.07) is 13.1. The van der Waals surface area contributed by atoms with Crippen LogP contribution in [-0.2, 0) is 9.47 Å². The van der Waals surface area contributed by atoms with Gasteiger partial charge in [-0.1, -0.05) is 18.2 Å². The van der Waals surface area contributed by atoms with E-state index in [0.717, 1.165) is 21.9 Å². The van der Waals surface area contributed by atoms with Gasteiger partial charge in [0.05, 0.1) is 35.0 Å². The number of benzene rings is 2. The molecule has 1 atom stereocenters. The van der Waals surface area contributed by atoms with Crippen molar-refractivity contribution in [3.05, 3.63) is 87.7 Å². The molecule has 4 rings (SSSR count). The standard InChI is InChI=1S/C28H28N2O6/c1-16-8-6-7-9-24(16)30-26(32)21-11-10-20(13-23(21)27(30)33)28(34)36-15-25(31)22-12-17(2)29(19(22)4)18(3)14-35-5/h6-13,18H,14-15H2,1-5H3/t18-/m0/s1. The Morgan fingerprint density at radius 2 is 1.64 bits per heavy atom. The van der Waals surface area contributed by atoms with Crippen LogP contribution in [0.4, 0.5) is 5.69 Å². The van der Waals surface area contributed by atoms with Gasteiger partial charge in [0.2, 0.25) is 5.78 Å². The van der Waals surface area contributed by atoms with Gasteiger partial charge in [-0.05, 0) is 63.6 Å². The van der Waals surface area contributed by atoms with Crippen molar-refractivity contribution in [3.8, 4) is 0 Å². The van der Waals surface area contributed by atoms with Crippen LogP contribution >= 0.6 is 0 Å². The van der Waals surface area contributed by atoms with Crippen molar-refractivity contribution in [2.24, 2.45) is 0 Å². The lowest BCUT2D eigenvalue weighted by atomic mass is 10.1. The smallest absolute Gasteiger partial charge is 0.338 e. The highest BCUT2D eigenvalue weighted by atomic mass is 16.5. The molecule has 0 spiro atoms. The van der Waals surface area contributed by atoms with E-state index in [1.165, 1.54) is 18.2 Å². The fourth-order valence-electron chi connectivity index (χ4n) is 4.75. The maximum Gasteiger partial charge on any atom is 0.338 e. The molecule has 2 aromatic carbocycles. The van der Waals surface area contributed by atoms with E-state index < -0.39 is 24.4 Å². The number of Topliss-reactive ketones (excluding diaryl/α,β-unsaturated/α-hetero) is 1. The molecule has 8 nitrogen and oxygen atoms in total. The third-order valence-electron chi connectivity index (χ3n) is 6.45. The topological polar surface area (TPSA) is 94.9 Å². The zero-order valence-electron chi connectivity index (χ0n) is 21.0. The number of imide groups is 1. The molecule has 0 unspecified atom stereocenters. The van der Waals surface area contributed by atoms with Gasteiger partial charge in [-0.25, -0.2) is 9.69 Å². The average molecular weight is 489 g/mol. The molecule has 0 bridgehead atoms. The van der Waals surface area contributed by atoms with Crippen LogP contribution in [0.2, 0.25) is 0 Å². The van der Waals surface area contributed by atoms with Crippen LogP contribution in [0.25, 0.3) is 0 Å². The zero-order chi connectivity index (χ0) is 26.1. The minimum atomic E-state index is -0.748. The van der Waals surface area contributed by atoms with Crippen molar-refractivity contribution >= 4 is 29.3 Å². The molecule has 0 saturated heterocycles. The van der Waals surface area contributed by atoms with Crippen LogP contribution < -0.4 is 4.90 Å². The molecule has 0 N–H and O–H groups in total. The Labute approximate surface area is 209 Å². The number of amides is 2. The summed E-state index contributed by atoms with van der Waals surface area (Å²) in [5, 5.41) is 0. The average Bonchev–Trinajstić information content (AvgIpc) is 3.29. The number of anilines is 1. The predicted molar refractivity (Wildman–Crippen MR) is 134 cm³/mol. The number of ketones is 1. The van der Waals surface area contributed by atoms with Crippen LogP contribution in [0.15, 0.2) is 48.5 Å². The number of hydrogen-bond donors (Lipinski definition) is 0. The van der Waals surface area contributed by atoms with Crippen molar-refractivity contribution in [1.82, 2.24) is 4.57 Å². The highest BCUT2D eigenvalue weighted by Gasteiger charge is 2.37. The summed E-state index contributed by atoms with van der Waals surface area (Å²) in [5.74, 6) is -2.03. The molecule has 2 heterocycles. The van der Waals surface area contributed by atoms with E-state index in [9.17, 15) is 19.2 Å². The summed E-state index contributed by atoms with van der Waals surface area (Å²) in [6.07, 6.45) is 0. The summed E-state index contributed by atoms with van der Waals surface area (Å²) in [5.41, 5.74) is 3.87. The van der Waals surface area contributed by atoms with Crippen LogP contribution in [0.5, 0.6) is 0 Å². The van der Waals surface area contributed by atoms with Gasteiger partial charge in [0, 0.05) is 24.1 Å². The van der Waals surface area contributed by atoms with Crippen LogP contribution in [-0.4, -0.2) is 48.5 Å². The lowest BCUT2D eigenvalue weighted by Crippen LogP contribution is -2.29. The van der Waals surface area contributed by atoms with Gasteiger partial charge in [0.15, 0.2) is 6.61 Å². The molecule has 3 aromatic rings. The van der Waals surface area contributed by atoms with Crippen LogP contribution in [0.1, 0.15) is 71.3 Å². The third kappa shape index (κ3) is 4.35. The van der Waals surface area contributed by atoms with E-state index in [-0.39, 0.29) is 28.5 Å². The maximum atomic E-state index is 13.0. The number of carbonyl (C=O) groups excluding carboxylic acids is 4. The summed E-state index contributed by atoms with van der Waals surface area (Å²) in [4.78, 5) is 52.6. The number of methoxy groups -OCH3 is 1. The SMILES string of the molecule is COC[C@H](C)n1c(C)cc(C(=O)COC(=O)c2ccc3c(c2)C(=O)N(c2ccccc2C)C3=O)c1C. The Morgan fingerprint density at radius 1 is 0.944 bits per heavy atom. The minimum Gasteiger partial charge on any atom is -0.454 e. The molecule has 0 radical (unpaired) electrons. The van der Waals surface area contributed by atoms with Gasteiger partial charge < -0.3 is 14.0 Å². The molecule has 2 amide bonds. The summed E-state index contributed by atoms with van der Waals surface area (Å²) in [6.45, 7) is 7.62. The quantitative estimate of drug-likeness (QED) is 0.264. The molecule has 0 saturated carbocycles. The number of fused-ring (bicyclic) bond motifs is 1. The number of rotatable bonds is 8. The van der Waals surface area contributed by atoms with Crippen molar-refractivity contribution in [2.45, 2.75) is 33.7 Å². The number of nitrogens with zero attached hydrogens (tertiary/aromatic N) is 2. The summed E-state index contributed by atoms with van der Waals surface area (Å²) >= 11 is 0. The highest BCUT2D eigenvalue weighted by molar-refractivity contribution is 6.35. The van der Waals surface area contributed by atoms with Gasteiger partial charge in [-0.2, -0.15) is 0 Å². The zero-order valence-corrected chi connectivity index (χ0v) is 21.0. The van der Waals surface area contributed by atoms with Crippen molar-refractivity contribution in [3.63, 3.8) is 0 Å². The first-order chi connectivity index (χ1) is 17.1. The van der Waals surface area contributed by atoms with Crippen LogP contribution in [0.3, 0.4) is 0 Å². The first-order valence-corrected chi connectivity index (χ1v) is 11.6. The van der Waals surface area contributed by atoms with Gasteiger partial charge in [-0.3, -0.25) is 14.4 Å². The van der Waals surface area contributed by atoms with Crippen molar-refractivity contribution < 1.29 is 28.7 Å². The molecular weight excluding hydrogens is 460 g/mol. The fraction of sp³-hybridized carbons (Fsp3) is 0.286. The monoisotopic (exact) mass is 488 g/mol. The lowest BCUT2D eigenvalue weighted by Gasteiger charge is -2.17. The second kappa shape index (κ2) is 9.91. The largest absolute Gasteiger partial charge is 0.454 e. The number of ether oxygens (including phenoxy) is 2. The number of carbonyl (C=O) groups is 4. The molecule has 8 heteroatoms. The highest BCUT2D eigenvalue weighted by Crippen LogP contribution is 2.31. The summed E-state index contributed by atoms with van der Waals surface area (Å²) < 4.78 is 12.5. The maximum absolute atomic E-state index is 13.0. The first-order valence-electron chi connectivity index (χ1n) is 11.6. The Morgan fingerprint density at radius 3 is 2.33 bits per heavy atom. The van der Waals surface area contributed by atoms with Crippen molar-refractivity contribution in [1.29, 1.82) is 0 Å². The van der Waals surface area contributed by atoms with Gasteiger partial charge in [-0.15, -0.1) is 0 Å². The number of esters is 1. The second-order valence-electron chi connectivity index (χ2n) is 8.95. The third-order valence-corrected chi connectivity index (χ3v) is 6.45. The Bertz CT molecular complexity index is 1390. The molecule has 1 aromatic heterocycles. The molecule has 36 heavy (non-hydrogen) atoms. The van der Waals surface area contributed by atoms with E-state index in [4.69, 9.17) is 9.47 Å². The van der Waals surface area contributed by atoms with E-state index in [2.05, 4.69) is 0 Å². The normalized spacial score (nSPS) is 13.6. The molecule has 186 valence electrons. The molecule has 1 aliphatic rings. The molecule has 0 aliphatic carbocycles. The molecular formula is C28H28N2O6. The van der Waals surface area contributed by atoms with E-state index >= 15 is 0 Å². The van der Waals surface area contributed by atoms with Gasteiger partial charge in [0.1, 0.15) is 0 Å². The first kappa shape index (κ1) is 25.1. The van der Waals surface area contributed by atoms with E-state index in [1.807, 2.05) is 44.4 Å². The molecule has 0 fully saturated rings. The Kier molecular flexibility index (Phi) is 6.90. The van der Waals surface area contributed by atoms with Gasteiger partial charge in [0.25, 0.3) is 11.8 Å². The van der Waals surface area contributed by atoms with Crippen LogP contribution in [0, 0.1) is 20.8 Å². The number of hydrogen-bond acceptors (Lipinski definition) is 6. The minimum absolute atomic E-state index is 0.0463. The van der Waals surface area contributed by atoms with Crippen molar-refractivity contribution in [2.75, 3.05) is 25.2 Å². The van der Waals surface area contributed by atoms with E-state index in [1.54, 1.807) is 25.3 Å². The number of aryl methyl sites for hydroxylation is 2. The summed E-state index contributed by atoms with van der Waals surface area (Å²) in [7, 11) is 1.62. The predicted octanol–water partition coefficient (Wildman–Crippen LogP) is 4.46. The number of aromatic nitrogens is 1. The van der Waals surface area contributed by atoms with E-state index in [0.29, 0.717) is 17.9 Å². The van der Waals surface area contributed by atoms with Gasteiger partial charge >= 0.3 is 5.97 Å². The molecule has 1 aliphatic heterocycles.